The number of hydrogen-bond donors (Lipinski definition) is 2. The first-order chi connectivity index (χ1) is 16.5. The molecule has 2 N–H and O–H groups in total. The van der Waals surface area contributed by atoms with Crippen molar-refractivity contribution in [1.29, 1.82) is 0 Å². The molecule has 180 valence electrons. The lowest BCUT2D eigenvalue weighted by atomic mass is 9.77. The van der Waals surface area contributed by atoms with Gasteiger partial charge in [-0.25, -0.2) is 15.0 Å². The van der Waals surface area contributed by atoms with Crippen molar-refractivity contribution < 1.29 is 9.32 Å². The average Bonchev–Trinajstić information content (AvgIpc) is 3.17. The lowest BCUT2D eigenvalue weighted by molar-refractivity contribution is 0.143. The van der Waals surface area contributed by atoms with Crippen LogP contribution in [0.15, 0.2) is 17.3 Å². The molecule has 9 nitrogen and oxygen atoms in total. The van der Waals surface area contributed by atoms with Crippen LogP contribution < -0.4 is 15.1 Å². The van der Waals surface area contributed by atoms with Crippen molar-refractivity contribution in [3.63, 3.8) is 0 Å². The number of hydrogen-bond acceptors (Lipinski definition) is 9. The Balaban J connectivity index is 1.15. The van der Waals surface area contributed by atoms with Crippen LogP contribution in [-0.4, -0.2) is 72.3 Å². The van der Waals surface area contributed by atoms with Crippen molar-refractivity contribution in [3.8, 4) is 0 Å². The first kappa shape index (κ1) is 21.3. The van der Waals surface area contributed by atoms with Crippen molar-refractivity contribution in [2.45, 2.75) is 53.7 Å². The molecule has 0 bridgehead atoms. The Hall–Kier alpha value is -2.04. The molecule has 5 heterocycles. The number of aromatic nitrogens is 4. The number of aliphatic hydroxyl groups excluding tert-OH is 1. The van der Waals surface area contributed by atoms with Crippen LogP contribution in [0.2, 0.25) is 5.02 Å². The van der Waals surface area contributed by atoms with Crippen molar-refractivity contribution in [3.05, 3.63) is 23.1 Å². The summed E-state index contributed by atoms with van der Waals surface area (Å²) < 4.78 is 13.2. The van der Waals surface area contributed by atoms with Gasteiger partial charge in [-0.15, -0.1) is 0 Å². The first-order valence-electron chi connectivity index (χ1n) is 12.2. The Morgan fingerprint density at radius 3 is 2.24 bits per heavy atom. The number of nitrogens with one attached hydrogen (secondary N) is 1. The maximum absolute atomic E-state index is 13.4. The molecule has 2 aromatic rings. The molecule has 0 radical (unpaired) electrons. The number of rotatable bonds is 5. The van der Waals surface area contributed by atoms with E-state index >= 15 is 0 Å². The van der Waals surface area contributed by atoms with Crippen LogP contribution >= 0.6 is 11.6 Å². The molecule has 3 atom stereocenters. The van der Waals surface area contributed by atoms with Gasteiger partial charge in [0.15, 0.2) is 0 Å². The smallest absolute Gasteiger partial charge is 0.227 e. The second kappa shape index (κ2) is 7.48. The number of fused-ring (bicyclic) bond motifs is 2. The van der Waals surface area contributed by atoms with Crippen LogP contribution in [-0.2, 0) is 17.2 Å². The molecule has 5 aliphatic rings. The molecule has 2 aliphatic carbocycles. The predicted molar refractivity (Wildman–Crippen MR) is 130 cm³/mol. The second-order valence-electron chi connectivity index (χ2n) is 10.7. The van der Waals surface area contributed by atoms with Crippen molar-refractivity contribution in [2.24, 2.45) is 11.8 Å². The highest BCUT2D eigenvalue weighted by atomic mass is 35.5. The molecule has 7 rings (SSSR count). The van der Waals surface area contributed by atoms with Crippen LogP contribution in [0, 0.1) is 11.8 Å². The third-order valence-electron chi connectivity index (χ3n) is 8.46. The Kier molecular flexibility index (Phi) is 4.68. The van der Waals surface area contributed by atoms with Gasteiger partial charge in [-0.05, 0) is 32.1 Å². The molecule has 3 aliphatic heterocycles. The third kappa shape index (κ3) is 3.25. The third-order valence-corrected chi connectivity index (χ3v) is 10.8. The van der Waals surface area contributed by atoms with Gasteiger partial charge in [0.05, 0.1) is 50.8 Å². The minimum Gasteiger partial charge on any atom is -0.394 e. The second-order valence-corrected chi connectivity index (χ2v) is 13.0. The Morgan fingerprint density at radius 2 is 1.68 bits per heavy atom. The molecular weight excluding hydrogens is 474 g/mol. The fourth-order valence-corrected chi connectivity index (χ4v) is 7.95. The fourth-order valence-electron chi connectivity index (χ4n) is 6.08. The SMILES string of the molecule is O=[S@@]1c2c(nc(N3CC4CN(c5ncc(Cl)cn5)CC4C3)nc2NC2(CO)CCC2)CC12CC2. The summed E-state index contributed by atoms with van der Waals surface area (Å²) >= 11 is 5.94. The number of anilines is 3. The van der Waals surface area contributed by atoms with Crippen LogP contribution in [0.1, 0.15) is 37.8 Å². The first-order valence-corrected chi connectivity index (χ1v) is 13.7. The van der Waals surface area contributed by atoms with Crippen LogP contribution in [0.4, 0.5) is 17.7 Å². The normalized spacial score (nSPS) is 29.8. The lowest BCUT2D eigenvalue weighted by Gasteiger charge is -2.41. The summed E-state index contributed by atoms with van der Waals surface area (Å²) in [6.45, 7) is 3.63. The van der Waals surface area contributed by atoms with E-state index in [1.807, 2.05) is 0 Å². The van der Waals surface area contributed by atoms with E-state index in [-0.39, 0.29) is 16.9 Å². The predicted octanol–water partition coefficient (Wildman–Crippen LogP) is 2.02. The highest BCUT2D eigenvalue weighted by Gasteiger charge is 2.56. The number of halogens is 1. The van der Waals surface area contributed by atoms with Crippen LogP contribution in [0.5, 0.6) is 0 Å². The summed E-state index contributed by atoms with van der Waals surface area (Å²) in [7, 11) is -1.08. The number of aliphatic hydroxyl groups is 1. The monoisotopic (exact) mass is 501 g/mol. The summed E-state index contributed by atoms with van der Waals surface area (Å²) in [4.78, 5) is 24.0. The lowest BCUT2D eigenvalue weighted by Crippen LogP contribution is -2.48. The van der Waals surface area contributed by atoms with E-state index in [0.717, 1.165) is 87.2 Å². The van der Waals surface area contributed by atoms with Crippen molar-refractivity contribution in [1.82, 2.24) is 19.9 Å². The van der Waals surface area contributed by atoms with E-state index < -0.39 is 10.8 Å². The summed E-state index contributed by atoms with van der Waals surface area (Å²) in [6, 6.07) is 0. The molecule has 0 aromatic carbocycles. The Morgan fingerprint density at radius 1 is 1.03 bits per heavy atom. The van der Waals surface area contributed by atoms with Gasteiger partial charge < -0.3 is 20.2 Å². The molecular formula is C23H28ClN7O2S. The fraction of sp³-hybridized carbons (Fsp3) is 0.652. The highest BCUT2D eigenvalue weighted by Crippen LogP contribution is 2.54. The van der Waals surface area contributed by atoms with Crippen LogP contribution in [0.3, 0.4) is 0 Å². The molecule has 2 saturated heterocycles. The Bertz CT molecular complexity index is 1150. The molecule has 0 amide bonds. The maximum atomic E-state index is 13.4. The summed E-state index contributed by atoms with van der Waals surface area (Å²) in [6.07, 6.45) is 8.96. The molecule has 11 heteroatoms. The van der Waals surface area contributed by atoms with Crippen molar-refractivity contribution in [2.75, 3.05) is 47.9 Å². The van der Waals surface area contributed by atoms with Gasteiger partial charge in [0, 0.05) is 44.4 Å². The molecule has 4 fully saturated rings. The zero-order valence-electron chi connectivity index (χ0n) is 18.9. The maximum Gasteiger partial charge on any atom is 0.227 e. The number of nitrogens with zero attached hydrogens (tertiary/aromatic N) is 6. The van der Waals surface area contributed by atoms with Gasteiger partial charge in [-0.3, -0.25) is 4.21 Å². The molecule has 2 aromatic heterocycles. The largest absolute Gasteiger partial charge is 0.394 e. The summed E-state index contributed by atoms with van der Waals surface area (Å²) in [5.41, 5.74) is 0.591. The Labute approximate surface area is 205 Å². The standard InChI is InChI=1S/C23H28ClN7O2S/c24-16-7-25-20(26-8-16)30-9-14-11-31(12-15(14)10-30)21-27-17-6-23(4-5-23)34(33)18(17)19(28-21)29-22(13-32)2-1-3-22/h7-8,14-15,32H,1-6,9-13H2,(H,27,28,29)/t14?,15?,34-/m1/s1. The zero-order chi connectivity index (χ0) is 23.1. The van der Waals surface area contributed by atoms with E-state index in [0.29, 0.717) is 22.7 Å². The molecule has 2 unspecified atom stereocenters. The van der Waals surface area contributed by atoms with Gasteiger partial charge in [0.1, 0.15) is 10.7 Å². The highest BCUT2D eigenvalue weighted by molar-refractivity contribution is 7.87. The molecule has 34 heavy (non-hydrogen) atoms. The zero-order valence-corrected chi connectivity index (χ0v) is 20.5. The molecule has 1 spiro atoms. The topological polar surface area (TPSA) is 107 Å². The summed E-state index contributed by atoms with van der Waals surface area (Å²) in [5, 5.41) is 14.1. The molecule has 2 saturated carbocycles. The average molecular weight is 502 g/mol. The minimum atomic E-state index is -1.08. The van der Waals surface area contributed by atoms with Gasteiger partial charge >= 0.3 is 0 Å². The van der Waals surface area contributed by atoms with E-state index in [9.17, 15) is 9.32 Å². The minimum absolute atomic E-state index is 0.0648. The van der Waals surface area contributed by atoms with Crippen molar-refractivity contribution >= 4 is 40.1 Å². The summed E-state index contributed by atoms with van der Waals surface area (Å²) in [5.74, 6) is 3.13. The quantitative estimate of drug-likeness (QED) is 0.636. The van der Waals surface area contributed by atoms with Gasteiger partial charge in [0.2, 0.25) is 11.9 Å². The van der Waals surface area contributed by atoms with Gasteiger partial charge in [-0.1, -0.05) is 11.6 Å². The van der Waals surface area contributed by atoms with E-state index in [4.69, 9.17) is 21.6 Å². The van der Waals surface area contributed by atoms with Gasteiger partial charge in [-0.2, -0.15) is 4.98 Å². The van der Waals surface area contributed by atoms with Crippen LogP contribution in [0.25, 0.3) is 0 Å². The van der Waals surface area contributed by atoms with Gasteiger partial charge in [0.25, 0.3) is 0 Å². The van der Waals surface area contributed by atoms with E-state index in [1.54, 1.807) is 12.4 Å². The van der Waals surface area contributed by atoms with E-state index in [1.165, 1.54) is 0 Å². The van der Waals surface area contributed by atoms with E-state index in [2.05, 4.69) is 25.1 Å².